The number of aromatic nitrogens is 1. The first kappa shape index (κ1) is 12.7. The Balaban J connectivity index is 2.41. The second-order valence-electron chi connectivity index (χ2n) is 4.49. The summed E-state index contributed by atoms with van der Waals surface area (Å²) in [5, 5.41) is 6.64. The van der Waals surface area contributed by atoms with Crippen LogP contribution in [0, 0.1) is 19.8 Å². The molecule has 1 rings (SSSR count). The van der Waals surface area contributed by atoms with Gasteiger partial charge in [0.25, 0.3) is 5.91 Å². The van der Waals surface area contributed by atoms with Crippen LogP contribution in [0.3, 0.4) is 0 Å². The zero-order valence-electron chi connectivity index (χ0n) is 10.5. The van der Waals surface area contributed by atoms with Gasteiger partial charge in [-0.1, -0.05) is 19.0 Å². The molecule has 4 heteroatoms. The normalized spacial score (nSPS) is 10.8. The Morgan fingerprint density at radius 1 is 1.44 bits per heavy atom. The second kappa shape index (κ2) is 5.68. The van der Waals surface area contributed by atoms with Gasteiger partial charge in [0, 0.05) is 6.54 Å². The first-order chi connectivity index (χ1) is 7.52. The van der Waals surface area contributed by atoms with Crippen LogP contribution in [0.2, 0.25) is 0 Å². The minimum Gasteiger partial charge on any atom is -0.361 e. The molecule has 0 saturated heterocycles. The maximum atomic E-state index is 11.8. The van der Waals surface area contributed by atoms with Gasteiger partial charge < -0.3 is 9.84 Å². The molecule has 0 saturated carbocycles. The first-order valence-electron chi connectivity index (χ1n) is 5.73. The van der Waals surface area contributed by atoms with E-state index in [0.29, 0.717) is 29.5 Å². The van der Waals surface area contributed by atoms with Gasteiger partial charge in [0.05, 0.1) is 5.69 Å². The number of carbonyl (C=O) groups excluding carboxylic acids is 1. The molecule has 16 heavy (non-hydrogen) atoms. The van der Waals surface area contributed by atoms with Gasteiger partial charge in [0.2, 0.25) is 0 Å². The number of rotatable bonds is 5. The predicted octanol–water partition coefficient (Wildman–Crippen LogP) is 2.46. The molecule has 0 bridgehead atoms. The summed E-state index contributed by atoms with van der Waals surface area (Å²) in [5.41, 5.74) is 1.23. The highest BCUT2D eigenvalue weighted by Crippen LogP contribution is 2.11. The molecule has 0 spiro atoms. The van der Waals surface area contributed by atoms with Crippen LogP contribution in [0.4, 0.5) is 0 Å². The molecule has 0 unspecified atom stereocenters. The highest BCUT2D eigenvalue weighted by Gasteiger charge is 2.16. The lowest BCUT2D eigenvalue weighted by atomic mass is 10.1. The fraction of sp³-hybridized carbons (Fsp3) is 0.667. The first-order valence-corrected chi connectivity index (χ1v) is 5.73. The average Bonchev–Trinajstić information content (AvgIpc) is 2.53. The minimum absolute atomic E-state index is 0.0833. The summed E-state index contributed by atoms with van der Waals surface area (Å²) in [5.74, 6) is 1.18. The van der Waals surface area contributed by atoms with Gasteiger partial charge in [-0.15, -0.1) is 0 Å². The molecule has 1 heterocycles. The van der Waals surface area contributed by atoms with Crippen molar-refractivity contribution in [3.05, 3.63) is 17.0 Å². The summed E-state index contributed by atoms with van der Waals surface area (Å²) < 4.78 is 4.95. The van der Waals surface area contributed by atoms with Crippen molar-refractivity contribution in [2.24, 2.45) is 5.92 Å². The molecule has 90 valence electrons. The van der Waals surface area contributed by atoms with Gasteiger partial charge in [0.1, 0.15) is 11.3 Å². The van der Waals surface area contributed by atoms with E-state index in [9.17, 15) is 4.79 Å². The third-order valence-electron chi connectivity index (χ3n) is 2.50. The Kier molecular flexibility index (Phi) is 4.52. The van der Waals surface area contributed by atoms with Gasteiger partial charge in [-0.25, -0.2) is 0 Å². The molecular weight excluding hydrogens is 204 g/mol. The second-order valence-corrected chi connectivity index (χ2v) is 4.49. The maximum absolute atomic E-state index is 11.8. The molecule has 0 atom stereocenters. The van der Waals surface area contributed by atoms with Crippen LogP contribution in [0.1, 0.15) is 48.5 Å². The highest BCUT2D eigenvalue weighted by molar-refractivity contribution is 5.95. The fourth-order valence-electron chi connectivity index (χ4n) is 1.61. The van der Waals surface area contributed by atoms with Crippen molar-refractivity contribution in [3.8, 4) is 0 Å². The summed E-state index contributed by atoms with van der Waals surface area (Å²) in [6.07, 6.45) is 2.13. The van der Waals surface area contributed by atoms with E-state index in [1.165, 1.54) is 0 Å². The minimum atomic E-state index is -0.0833. The molecule has 1 aromatic heterocycles. The van der Waals surface area contributed by atoms with Crippen molar-refractivity contribution in [3.63, 3.8) is 0 Å². The molecule has 0 aliphatic heterocycles. The van der Waals surface area contributed by atoms with E-state index in [0.717, 1.165) is 12.8 Å². The molecule has 0 radical (unpaired) electrons. The molecule has 1 aromatic rings. The molecule has 4 nitrogen and oxygen atoms in total. The molecule has 0 aliphatic carbocycles. The van der Waals surface area contributed by atoms with Crippen LogP contribution in [-0.2, 0) is 0 Å². The van der Waals surface area contributed by atoms with Crippen molar-refractivity contribution in [1.82, 2.24) is 10.5 Å². The molecule has 0 fully saturated rings. The van der Waals surface area contributed by atoms with Crippen LogP contribution < -0.4 is 5.32 Å². The van der Waals surface area contributed by atoms with Crippen molar-refractivity contribution >= 4 is 5.91 Å². The Hall–Kier alpha value is -1.32. The van der Waals surface area contributed by atoms with Crippen LogP contribution in [0.25, 0.3) is 0 Å². The monoisotopic (exact) mass is 224 g/mol. The fourth-order valence-corrected chi connectivity index (χ4v) is 1.61. The number of carbonyl (C=O) groups is 1. The lowest BCUT2D eigenvalue weighted by Crippen LogP contribution is -2.25. The number of amides is 1. The maximum Gasteiger partial charge on any atom is 0.256 e. The van der Waals surface area contributed by atoms with E-state index in [2.05, 4.69) is 24.3 Å². The van der Waals surface area contributed by atoms with Gasteiger partial charge in [0.15, 0.2) is 0 Å². The van der Waals surface area contributed by atoms with Gasteiger partial charge in [-0.2, -0.15) is 0 Å². The van der Waals surface area contributed by atoms with Crippen molar-refractivity contribution in [2.75, 3.05) is 6.54 Å². The number of nitrogens with zero attached hydrogens (tertiary/aromatic N) is 1. The van der Waals surface area contributed by atoms with Gasteiger partial charge >= 0.3 is 0 Å². The Morgan fingerprint density at radius 3 is 2.62 bits per heavy atom. The Labute approximate surface area is 96.4 Å². The third-order valence-corrected chi connectivity index (χ3v) is 2.50. The van der Waals surface area contributed by atoms with E-state index in [1.807, 2.05) is 0 Å². The van der Waals surface area contributed by atoms with Gasteiger partial charge in [-0.05, 0) is 32.6 Å². The topological polar surface area (TPSA) is 55.1 Å². The average molecular weight is 224 g/mol. The summed E-state index contributed by atoms with van der Waals surface area (Å²) >= 11 is 0. The molecule has 1 amide bonds. The van der Waals surface area contributed by atoms with E-state index in [-0.39, 0.29) is 5.91 Å². The summed E-state index contributed by atoms with van der Waals surface area (Å²) in [4.78, 5) is 11.8. The molecule has 0 aliphatic rings. The van der Waals surface area contributed by atoms with E-state index in [1.54, 1.807) is 13.8 Å². The van der Waals surface area contributed by atoms with Crippen LogP contribution in [0.15, 0.2) is 4.52 Å². The van der Waals surface area contributed by atoms with E-state index < -0.39 is 0 Å². The van der Waals surface area contributed by atoms with Crippen LogP contribution in [0.5, 0.6) is 0 Å². The number of aryl methyl sites for hydroxylation is 2. The SMILES string of the molecule is Cc1noc(C)c1C(=O)NCCCC(C)C. The summed E-state index contributed by atoms with van der Waals surface area (Å²) in [6, 6.07) is 0. The largest absolute Gasteiger partial charge is 0.361 e. The predicted molar refractivity (Wildman–Crippen MR) is 62.4 cm³/mol. The zero-order valence-corrected chi connectivity index (χ0v) is 10.5. The van der Waals surface area contributed by atoms with Crippen molar-refractivity contribution in [1.29, 1.82) is 0 Å². The number of hydrogen-bond acceptors (Lipinski definition) is 3. The third kappa shape index (κ3) is 3.36. The summed E-state index contributed by atoms with van der Waals surface area (Å²) in [7, 11) is 0. The lowest BCUT2D eigenvalue weighted by molar-refractivity contribution is 0.0950. The van der Waals surface area contributed by atoms with Crippen LogP contribution in [-0.4, -0.2) is 17.6 Å². The van der Waals surface area contributed by atoms with E-state index in [4.69, 9.17) is 4.52 Å². The van der Waals surface area contributed by atoms with Crippen molar-refractivity contribution < 1.29 is 9.32 Å². The Bertz CT molecular complexity index is 336. The van der Waals surface area contributed by atoms with Crippen LogP contribution >= 0.6 is 0 Å². The Morgan fingerprint density at radius 2 is 2.12 bits per heavy atom. The summed E-state index contributed by atoms with van der Waals surface area (Å²) in [6.45, 7) is 8.59. The quantitative estimate of drug-likeness (QED) is 0.782. The lowest BCUT2D eigenvalue weighted by Gasteiger charge is -2.06. The highest BCUT2D eigenvalue weighted by atomic mass is 16.5. The smallest absolute Gasteiger partial charge is 0.256 e. The van der Waals surface area contributed by atoms with Gasteiger partial charge in [-0.3, -0.25) is 4.79 Å². The van der Waals surface area contributed by atoms with E-state index >= 15 is 0 Å². The molecular formula is C12H20N2O2. The standard InChI is InChI=1S/C12H20N2O2/c1-8(2)6-5-7-13-12(15)11-9(3)14-16-10(11)4/h8H,5-7H2,1-4H3,(H,13,15). The molecule has 0 aromatic carbocycles. The number of nitrogens with one attached hydrogen (secondary N) is 1. The molecule has 1 N–H and O–H groups in total. The van der Waals surface area contributed by atoms with Crippen molar-refractivity contribution in [2.45, 2.75) is 40.5 Å². The zero-order chi connectivity index (χ0) is 12.1. The number of hydrogen-bond donors (Lipinski definition) is 1.